The van der Waals surface area contributed by atoms with E-state index in [2.05, 4.69) is 43.1 Å². The second-order valence-electron chi connectivity index (χ2n) is 9.56. The number of aromatic nitrogens is 2. The summed E-state index contributed by atoms with van der Waals surface area (Å²) in [5.74, 6) is 1.50. The lowest BCUT2D eigenvalue weighted by Gasteiger charge is -2.36. The number of fused-ring (bicyclic) bond motifs is 1. The third-order valence-electron chi connectivity index (χ3n) is 7.07. The van der Waals surface area contributed by atoms with Gasteiger partial charge in [-0.15, -0.1) is 0 Å². The van der Waals surface area contributed by atoms with E-state index in [0.717, 1.165) is 40.2 Å². The van der Waals surface area contributed by atoms with Crippen LogP contribution in [-0.2, 0) is 16.4 Å². The fourth-order valence-electron chi connectivity index (χ4n) is 4.78. The molecule has 5 rings (SSSR count). The number of piperazine rings is 1. The Balaban J connectivity index is 1.34. The molecule has 7 nitrogen and oxygen atoms in total. The van der Waals surface area contributed by atoms with Crippen LogP contribution in [0.4, 0.5) is 11.5 Å². The SMILES string of the molecule is CCc1ccc(S(=O)(=O)N2CCN(C(C)c3nc(Nc4cccc(C)c4)c4ccccc4n3)CC2)cc1. The summed E-state index contributed by atoms with van der Waals surface area (Å²) in [6, 6.07) is 23.4. The minimum absolute atomic E-state index is 0.0589. The molecule has 0 bridgehead atoms. The number of hydrogen-bond acceptors (Lipinski definition) is 6. The summed E-state index contributed by atoms with van der Waals surface area (Å²) in [6.45, 7) is 8.32. The Labute approximate surface area is 219 Å². The average molecular weight is 516 g/mol. The molecule has 1 atom stereocenters. The van der Waals surface area contributed by atoms with Crippen LogP contribution < -0.4 is 5.32 Å². The zero-order valence-corrected chi connectivity index (χ0v) is 22.4. The third-order valence-corrected chi connectivity index (χ3v) is 8.98. The number of sulfonamides is 1. The van der Waals surface area contributed by atoms with Crippen LogP contribution in [0.25, 0.3) is 10.9 Å². The van der Waals surface area contributed by atoms with Crippen molar-refractivity contribution in [1.82, 2.24) is 19.2 Å². The molecule has 1 unspecified atom stereocenters. The molecule has 1 fully saturated rings. The van der Waals surface area contributed by atoms with Gasteiger partial charge in [-0.25, -0.2) is 18.4 Å². The number of benzene rings is 3. The molecule has 1 aliphatic rings. The highest BCUT2D eigenvalue weighted by molar-refractivity contribution is 7.89. The summed E-state index contributed by atoms with van der Waals surface area (Å²) in [5.41, 5.74) is 4.16. The highest BCUT2D eigenvalue weighted by Crippen LogP contribution is 2.28. The van der Waals surface area contributed by atoms with E-state index in [9.17, 15) is 8.42 Å². The van der Waals surface area contributed by atoms with Crippen LogP contribution >= 0.6 is 0 Å². The molecule has 192 valence electrons. The van der Waals surface area contributed by atoms with E-state index in [1.54, 1.807) is 16.4 Å². The maximum absolute atomic E-state index is 13.2. The van der Waals surface area contributed by atoms with Crippen LogP contribution in [0.5, 0.6) is 0 Å². The molecule has 3 aromatic carbocycles. The van der Waals surface area contributed by atoms with Crippen molar-refractivity contribution in [2.45, 2.75) is 38.1 Å². The van der Waals surface area contributed by atoms with Gasteiger partial charge < -0.3 is 5.32 Å². The van der Waals surface area contributed by atoms with E-state index in [0.29, 0.717) is 31.1 Å². The molecule has 0 amide bonds. The van der Waals surface area contributed by atoms with Gasteiger partial charge in [-0.2, -0.15) is 4.31 Å². The van der Waals surface area contributed by atoms with Crippen LogP contribution in [0.1, 0.15) is 36.8 Å². The van der Waals surface area contributed by atoms with E-state index >= 15 is 0 Å². The number of nitrogens with zero attached hydrogens (tertiary/aromatic N) is 4. The van der Waals surface area contributed by atoms with Crippen molar-refractivity contribution in [2.75, 3.05) is 31.5 Å². The van der Waals surface area contributed by atoms with E-state index < -0.39 is 10.0 Å². The predicted molar refractivity (Wildman–Crippen MR) is 149 cm³/mol. The number of nitrogens with one attached hydrogen (secondary N) is 1. The molecule has 37 heavy (non-hydrogen) atoms. The highest BCUT2D eigenvalue weighted by atomic mass is 32.2. The Hall–Kier alpha value is -3.33. The van der Waals surface area contributed by atoms with Crippen molar-refractivity contribution in [3.63, 3.8) is 0 Å². The number of aryl methyl sites for hydroxylation is 2. The van der Waals surface area contributed by atoms with Gasteiger partial charge in [0.2, 0.25) is 10.0 Å². The maximum Gasteiger partial charge on any atom is 0.243 e. The fraction of sp³-hybridized carbons (Fsp3) is 0.310. The molecule has 1 saturated heterocycles. The largest absolute Gasteiger partial charge is 0.340 e. The summed E-state index contributed by atoms with van der Waals surface area (Å²) < 4.78 is 28.0. The average Bonchev–Trinajstić information content (AvgIpc) is 2.92. The van der Waals surface area contributed by atoms with E-state index in [1.807, 2.05) is 48.5 Å². The van der Waals surface area contributed by atoms with Gasteiger partial charge in [-0.3, -0.25) is 4.90 Å². The first kappa shape index (κ1) is 25.3. The van der Waals surface area contributed by atoms with Gasteiger partial charge in [0.15, 0.2) is 0 Å². The van der Waals surface area contributed by atoms with E-state index in [1.165, 1.54) is 5.56 Å². The molecule has 0 radical (unpaired) electrons. The van der Waals surface area contributed by atoms with Crippen molar-refractivity contribution < 1.29 is 8.42 Å². The van der Waals surface area contributed by atoms with E-state index in [-0.39, 0.29) is 6.04 Å². The van der Waals surface area contributed by atoms with Crippen LogP contribution in [0.3, 0.4) is 0 Å². The Morgan fingerprint density at radius 2 is 1.65 bits per heavy atom. The molecule has 1 aromatic heterocycles. The summed E-state index contributed by atoms with van der Waals surface area (Å²) in [4.78, 5) is 12.4. The Kier molecular flexibility index (Phi) is 7.24. The van der Waals surface area contributed by atoms with E-state index in [4.69, 9.17) is 9.97 Å². The molecule has 8 heteroatoms. The Morgan fingerprint density at radius 1 is 0.919 bits per heavy atom. The van der Waals surface area contributed by atoms with Crippen LogP contribution in [0.2, 0.25) is 0 Å². The zero-order chi connectivity index (χ0) is 26.0. The van der Waals surface area contributed by atoms with Crippen molar-refractivity contribution in [3.8, 4) is 0 Å². The number of rotatable bonds is 7. The topological polar surface area (TPSA) is 78.4 Å². The molecular weight excluding hydrogens is 482 g/mol. The first-order valence-corrected chi connectivity index (χ1v) is 14.2. The molecule has 4 aromatic rings. The minimum atomic E-state index is -3.51. The number of anilines is 2. The van der Waals surface area contributed by atoms with Crippen molar-refractivity contribution in [3.05, 3.63) is 89.7 Å². The molecule has 1 aliphatic heterocycles. The number of para-hydroxylation sites is 1. The fourth-order valence-corrected chi connectivity index (χ4v) is 6.20. The van der Waals surface area contributed by atoms with Gasteiger partial charge >= 0.3 is 0 Å². The lowest BCUT2D eigenvalue weighted by atomic mass is 10.1. The smallest absolute Gasteiger partial charge is 0.243 e. The second-order valence-corrected chi connectivity index (χ2v) is 11.5. The quantitative estimate of drug-likeness (QED) is 0.359. The number of hydrogen-bond donors (Lipinski definition) is 1. The predicted octanol–water partition coefficient (Wildman–Crippen LogP) is 5.31. The molecule has 2 heterocycles. The molecular formula is C29H33N5O2S. The lowest BCUT2D eigenvalue weighted by Crippen LogP contribution is -2.49. The van der Waals surface area contributed by atoms with Crippen molar-refractivity contribution in [2.24, 2.45) is 0 Å². The Bertz CT molecular complexity index is 1500. The molecule has 1 N–H and O–H groups in total. The first-order valence-electron chi connectivity index (χ1n) is 12.8. The van der Waals surface area contributed by atoms with Crippen LogP contribution in [0.15, 0.2) is 77.7 Å². The zero-order valence-electron chi connectivity index (χ0n) is 21.6. The second kappa shape index (κ2) is 10.6. The van der Waals surface area contributed by atoms with Gasteiger partial charge in [-0.1, -0.05) is 43.3 Å². The first-order chi connectivity index (χ1) is 17.8. The third kappa shape index (κ3) is 5.37. The van der Waals surface area contributed by atoms with Crippen molar-refractivity contribution >= 4 is 32.4 Å². The summed E-state index contributed by atoms with van der Waals surface area (Å²) in [5, 5.41) is 4.44. The van der Waals surface area contributed by atoms with Crippen LogP contribution in [0, 0.1) is 6.92 Å². The van der Waals surface area contributed by atoms with Gasteiger partial charge in [0.25, 0.3) is 0 Å². The standard InChI is InChI=1S/C29H33N5O2S/c1-4-23-12-14-25(15-13-23)37(35,36)34-18-16-33(17-19-34)22(3)28-31-27-11-6-5-10-26(27)29(32-28)30-24-9-7-8-21(2)20-24/h5-15,20,22H,4,16-19H2,1-3H3,(H,30,31,32). The van der Waals surface area contributed by atoms with Crippen molar-refractivity contribution in [1.29, 1.82) is 0 Å². The van der Waals surface area contributed by atoms with Crippen LogP contribution in [-0.4, -0.2) is 53.8 Å². The Morgan fingerprint density at radius 3 is 2.35 bits per heavy atom. The van der Waals surface area contributed by atoms with Gasteiger partial charge in [-0.05, 0) is 67.8 Å². The summed E-state index contributed by atoms with van der Waals surface area (Å²) in [7, 11) is -3.51. The minimum Gasteiger partial charge on any atom is -0.340 e. The van der Waals surface area contributed by atoms with Gasteiger partial charge in [0, 0.05) is 37.3 Å². The molecule has 0 aliphatic carbocycles. The molecule has 0 saturated carbocycles. The maximum atomic E-state index is 13.2. The lowest BCUT2D eigenvalue weighted by molar-refractivity contribution is 0.141. The monoisotopic (exact) mass is 515 g/mol. The summed E-state index contributed by atoms with van der Waals surface area (Å²) in [6.07, 6.45) is 0.885. The molecule has 0 spiro atoms. The summed E-state index contributed by atoms with van der Waals surface area (Å²) >= 11 is 0. The normalized spacial score (nSPS) is 16.1. The highest BCUT2D eigenvalue weighted by Gasteiger charge is 2.31. The van der Waals surface area contributed by atoms with Gasteiger partial charge in [0.1, 0.15) is 11.6 Å². The van der Waals surface area contributed by atoms with Gasteiger partial charge in [0.05, 0.1) is 16.5 Å².